The van der Waals surface area contributed by atoms with Gasteiger partial charge in [-0.15, -0.1) is 0 Å². The summed E-state index contributed by atoms with van der Waals surface area (Å²) in [5, 5.41) is 0. The third-order valence-electron chi connectivity index (χ3n) is 1.98. The molecule has 0 radical (unpaired) electrons. The van der Waals surface area contributed by atoms with Crippen LogP contribution in [0.1, 0.15) is 18.5 Å². The maximum Gasteiger partial charge on any atom is 0.231 e. The number of hydrogen-bond donors (Lipinski definition) is 1. The normalized spacial score (nSPS) is 15.9. The number of nitrogens with two attached hydrogens (primary N) is 1. The van der Waals surface area contributed by atoms with Crippen LogP contribution < -0.4 is 15.2 Å². The predicted molar refractivity (Wildman–Crippen MR) is 52.9 cm³/mol. The van der Waals surface area contributed by atoms with Crippen LogP contribution in [0.3, 0.4) is 0 Å². The van der Waals surface area contributed by atoms with Crippen molar-refractivity contribution < 1.29 is 9.47 Å². The van der Waals surface area contributed by atoms with Crippen LogP contribution in [0.4, 0.5) is 0 Å². The highest BCUT2D eigenvalue weighted by atomic mass is 79.9. The van der Waals surface area contributed by atoms with Crippen molar-refractivity contribution in [1.29, 1.82) is 0 Å². The van der Waals surface area contributed by atoms with Gasteiger partial charge in [-0.3, -0.25) is 0 Å². The van der Waals surface area contributed by atoms with Gasteiger partial charge in [0.25, 0.3) is 0 Å². The lowest BCUT2D eigenvalue weighted by molar-refractivity contribution is 0.174. The summed E-state index contributed by atoms with van der Waals surface area (Å²) < 4.78 is 11.4. The van der Waals surface area contributed by atoms with Crippen molar-refractivity contribution >= 4 is 15.9 Å². The number of rotatable bonds is 1. The monoisotopic (exact) mass is 243 g/mol. The zero-order chi connectivity index (χ0) is 9.42. The van der Waals surface area contributed by atoms with E-state index in [1.54, 1.807) is 0 Å². The van der Waals surface area contributed by atoms with E-state index in [0.717, 1.165) is 21.5 Å². The van der Waals surface area contributed by atoms with E-state index in [9.17, 15) is 0 Å². The molecule has 0 aromatic heterocycles. The summed E-state index contributed by atoms with van der Waals surface area (Å²) in [6.07, 6.45) is 0. The Morgan fingerprint density at radius 2 is 2.00 bits per heavy atom. The Labute approximate surface area is 85.0 Å². The molecule has 1 unspecified atom stereocenters. The van der Waals surface area contributed by atoms with Crippen molar-refractivity contribution in [3.8, 4) is 11.5 Å². The number of halogens is 1. The summed E-state index contributed by atoms with van der Waals surface area (Å²) in [5.74, 6) is 1.55. The molecular weight excluding hydrogens is 234 g/mol. The van der Waals surface area contributed by atoms with Crippen molar-refractivity contribution in [3.05, 3.63) is 22.2 Å². The van der Waals surface area contributed by atoms with Gasteiger partial charge in [0.05, 0.1) is 0 Å². The van der Waals surface area contributed by atoms with Crippen molar-refractivity contribution in [2.75, 3.05) is 6.79 Å². The van der Waals surface area contributed by atoms with Crippen molar-refractivity contribution in [3.63, 3.8) is 0 Å². The first kappa shape index (κ1) is 8.84. The third kappa shape index (κ3) is 1.51. The molecule has 70 valence electrons. The summed E-state index contributed by atoms with van der Waals surface area (Å²) >= 11 is 3.43. The Kier molecular flexibility index (Phi) is 2.17. The molecule has 1 atom stereocenters. The van der Waals surface area contributed by atoms with Crippen LogP contribution in [0, 0.1) is 0 Å². The van der Waals surface area contributed by atoms with Crippen LogP contribution in [0.2, 0.25) is 0 Å². The summed E-state index contributed by atoms with van der Waals surface area (Å²) in [6.45, 7) is 2.23. The molecule has 0 aliphatic carbocycles. The van der Waals surface area contributed by atoms with Gasteiger partial charge in [-0.1, -0.05) is 15.9 Å². The number of ether oxygens (including phenoxy) is 2. The quantitative estimate of drug-likeness (QED) is 0.823. The fraction of sp³-hybridized carbons (Fsp3) is 0.333. The highest BCUT2D eigenvalue weighted by molar-refractivity contribution is 9.10. The highest BCUT2D eigenvalue weighted by Crippen LogP contribution is 2.38. The molecule has 0 spiro atoms. The summed E-state index contributed by atoms with van der Waals surface area (Å²) in [4.78, 5) is 0. The predicted octanol–water partition coefficient (Wildman–Crippen LogP) is 2.20. The Bertz CT molecular complexity index is 339. The third-order valence-corrected chi connectivity index (χ3v) is 2.67. The first-order valence-electron chi connectivity index (χ1n) is 4.03. The number of hydrogen-bond acceptors (Lipinski definition) is 3. The van der Waals surface area contributed by atoms with Crippen LogP contribution in [-0.4, -0.2) is 6.79 Å². The molecular formula is C9H10BrNO2. The molecule has 3 nitrogen and oxygen atoms in total. The Morgan fingerprint density at radius 1 is 1.38 bits per heavy atom. The van der Waals surface area contributed by atoms with Gasteiger partial charge < -0.3 is 15.2 Å². The van der Waals surface area contributed by atoms with E-state index in [4.69, 9.17) is 15.2 Å². The maximum atomic E-state index is 5.78. The average molecular weight is 244 g/mol. The summed E-state index contributed by atoms with van der Waals surface area (Å²) in [7, 11) is 0. The van der Waals surface area contributed by atoms with Crippen LogP contribution in [-0.2, 0) is 0 Å². The second-order valence-corrected chi connectivity index (χ2v) is 3.87. The molecule has 1 aromatic carbocycles. The van der Waals surface area contributed by atoms with Gasteiger partial charge in [-0.25, -0.2) is 0 Å². The van der Waals surface area contributed by atoms with E-state index >= 15 is 0 Å². The van der Waals surface area contributed by atoms with Gasteiger partial charge in [-0.05, 0) is 24.6 Å². The molecule has 1 aromatic rings. The lowest BCUT2D eigenvalue weighted by Crippen LogP contribution is -2.05. The largest absolute Gasteiger partial charge is 0.454 e. The van der Waals surface area contributed by atoms with Crippen LogP contribution in [0.5, 0.6) is 11.5 Å². The van der Waals surface area contributed by atoms with Gasteiger partial charge in [0.2, 0.25) is 6.79 Å². The Hall–Kier alpha value is -0.740. The summed E-state index contributed by atoms with van der Waals surface area (Å²) in [5.41, 5.74) is 6.81. The van der Waals surface area contributed by atoms with E-state index < -0.39 is 0 Å². The maximum absolute atomic E-state index is 5.78. The molecule has 1 aliphatic heterocycles. The van der Waals surface area contributed by atoms with E-state index in [1.807, 2.05) is 19.1 Å². The first-order chi connectivity index (χ1) is 6.18. The van der Waals surface area contributed by atoms with Gasteiger partial charge in [0, 0.05) is 10.5 Å². The van der Waals surface area contributed by atoms with E-state index in [2.05, 4.69) is 15.9 Å². The van der Waals surface area contributed by atoms with Gasteiger partial charge >= 0.3 is 0 Å². The summed E-state index contributed by atoms with van der Waals surface area (Å²) in [6, 6.07) is 3.79. The minimum absolute atomic E-state index is 0.0103. The van der Waals surface area contributed by atoms with Gasteiger partial charge in [0.15, 0.2) is 11.5 Å². The second kappa shape index (κ2) is 3.20. The zero-order valence-corrected chi connectivity index (χ0v) is 8.80. The zero-order valence-electron chi connectivity index (χ0n) is 7.21. The molecule has 0 fully saturated rings. The topological polar surface area (TPSA) is 44.5 Å². The molecule has 2 rings (SSSR count). The van der Waals surface area contributed by atoms with Crippen molar-refractivity contribution in [2.24, 2.45) is 5.73 Å². The Balaban J connectivity index is 2.49. The number of fused-ring (bicyclic) bond motifs is 1. The Morgan fingerprint density at radius 3 is 2.62 bits per heavy atom. The smallest absolute Gasteiger partial charge is 0.231 e. The minimum Gasteiger partial charge on any atom is -0.454 e. The highest BCUT2D eigenvalue weighted by Gasteiger charge is 2.17. The van der Waals surface area contributed by atoms with Crippen molar-refractivity contribution in [1.82, 2.24) is 0 Å². The lowest BCUT2D eigenvalue weighted by Gasteiger charge is -2.09. The van der Waals surface area contributed by atoms with Crippen LogP contribution in [0.25, 0.3) is 0 Å². The van der Waals surface area contributed by atoms with Gasteiger partial charge in [0.1, 0.15) is 0 Å². The van der Waals surface area contributed by atoms with Crippen LogP contribution >= 0.6 is 15.9 Å². The molecule has 1 aliphatic rings. The van der Waals surface area contributed by atoms with E-state index in [1.165, 1.54) is 0 Å². The molecule has 4 heteroatoms. The number of benzene rings is 1. The minimum atomic E-state index is -0.0103. The molecule has 2 N–H and O–H groups in total. The molecule has 0 bridgehead atoms. The van der Waals surface area contributed by atoms with Gasteiger partial charge in [-0.2, -0.15) is 0 Å². The van der Waals surface area contributed by atoms with Crippen molar-refractivity contribution in [2.45, 2.75) is 13.0 Å². The molecule has 13 heavy (non-hydrogen) atoms. The lowest BCUT2D eigenvalue weighted by atomic mass is 10.1. The fourth-order valence-electron chi connectivity index (χ4n) is 1.28. The molecule has 0 saturated heterocycles. The SMILES string of the molecule is CC(N)c1cc2c(cc1Br)OCO2. The fourth-order valence-corrected chi connectivity index (χ4v) is 1.97. The van der Waals surface area contributed by atoms with E-state index in [0.29, 0.717) is 6.79 Å². The average Bonchev–Trinajstić information content (AvgIpc) is 2.48. The first-order valence-corrected chi connectivity index (χ1v) is 4.82. The van der Waals surface area contributed by atoms with Crippen LogP contribution in [0.15, 0.2) is 16.6 Å². The molecule has 0 saturated carbocycles. The second-order valence-electron chi connectivity index (χ2n) is 3.02. The standard InChI is InChI=1S/C9H10BrNO2/c1-5(11)6-2-8-9(3-7(6)10)13-4-12-8/h2-3,5H,4,11H2,1H3. The molecule has 1 heterocycles. The molecule has 0 amide bonds. The van der Waals surface area contributed by atoms with E-state index in [-0.39, 0.29) is 6.04 Å².